The zero-order chi connectivity index (χ0) is 18.1. The van der Waals surface area contributed by atoms with Crippen molar-refractivity contribution in [3.05, 3.63) is 54.4 Å². The highest BCUT2D eigenvalue weighted by Gasteiger charge is 2.09. The van der Waals surface area contributed by atoms with Crippen molar-refractivity contribution < 1.29 is 0 Å². The van der Waals surface area contributed by atoms with Crippen LogP contribution < -0.4 is 10.6 Å². The lowest BCUT2D eigenvalue weighted by atomic mass is 9.92. The molecule has 25 heavy (non-hydrogen) atoms. The predicted molar refractivity (Wildman–Crippen MR) is 109 cm³/mol. The van der Waals surface area contributed by atoms with Crippen LogP contribution in [0.1, 0.15) is 46.1 Å². The Hall–Kier alpha value is -2.03. The Labute approximate surface area is 153 Å². The Morgan fingerprint density at radius 1 is 0.880 bits per heavy atom. The first-order valence-corrected chi connectivity index (χ1v) is 9.39. The molecule has 1 aromatic carbocycles. The molecule has 0 saturated heterocycles. The van der Waals surface area contributed by atoms with Gasteiger partial charge in [-0.05, 0) is 60.4 Å². The minimum Gasteiger partial charge on any atom is -0.385 e. The van der Waals surface area contributed by atoms with E-state index >= 15 is 0 Å². The maximum absolute atomic E-state index is 4.04. The number of hydrogen-bond donors (Lipinski definition) is 2. The molecule has 0 radical (unpaired) electrons. The topological polar surface area (TPSA) is 37.0 Å². The number of nitrogens with zero attached hydrogens (tertiary/aromatic N) is 1. The van der Waals surface area contributed by atoms with E-state index in [1.54, 1.807) is 0 Å². The van der Waals surface area contributed by atoms with Crippen molar-refractivity contribution in [3.63, 3.8) is 0 Å². The van der Waals surface area contributed by atoms with E-state index in [1.165, 1.54) is 17.7 Å². The van der Waals surface area contributed by atoms with Crippen LogP contribution in [0.3, 0.4) is 0 Å². The lowest BCUT2D eigenvalue weighted by molar-refractivity contribution is 0.390. The number of aromatic nitrogens is 1. The molecule has 0 fully saturated rings. The van der Waals surface area contributed by atoms with Crippen molar-refractivity contribution in [2.75, 3.05) is 23.7 Å². The molecular formula is C22H33N3. The molecule has 2 rings (SSSR count). The second-order valence-electron chi connectivity index (χ2n) is 8.19. The van der Waals surface area contributed by atoms with E-state index in [0.29, 0.717) is 11.3 Å². The molecular weight excluding hydrogens is 306 g/mol. The Morgan fingerprint density at radius 2 is 1.48 bits per heavy atom. The first-order chi connectivity index (χ1) is 11.9. The molecule has 0 aliphatic rings. The summed E-state index contributed by atoms with van der Waals surface area (Å²) >= 11 is 0. The molecule has 0 bridgehead atoms. The third kappa shape index (κ3) is 8.06. The van der Waals surface area contributed by atoms with Crippen LogP contribution in [0.25, 0.3) is 0 Å². The highest BCUT2D eigenvalue weighted by atomic mass is 14.9. The number of pyridine rings is 1. The summed E-state index contributed by atoms with van der Waals surface area (Å²) in [6, 6.07) is 12.9. The molecule has 1 heterocycles. The van der Waals surface area contributed by atoms with Crippen LogP contribution in [-0.2, 0) is 6.42 Å². The van der Waals surface area contributed by atoms with E-state index < -0.39 is 0 Å². The summed E-state index contributed by atoms with van der Waals surface area (Å²) in [5, 5.41) is 6.97. The molecule has 1 atom stereocenters. The summed E-state index contributed by atoms with van der Waals surface area (Å²) in [4.78, 5) is 4.04. The molecule has 0 amide bonds. The normalized spacial score (nSPS) is 12.6. The summed E-state index contributed by atoms with van der Waals surface area (Å²) < 4.78 is 0. The number of anilines is 2. The van der Waals surface area contributed by atoms with Gasteiger partial charge < -0.3 is 10.6 Å². The van der Waals surface area contributed by atoms with Crippen LogP contribution in [0.5, 0.6) is 0 Å². The van der Waals surface area contributed by atoms with Crippen LogP contribution in [0.4, 0.5) is 11.4 Å². The summed E-state index contributed by atoms with van der Waals surface area (Å²) in [5.74, 6) is 0.661. The quantitative estimate of drug-likeness (QED) is 0.623. The summed E-state index contributed by atoms with van der Waals surface area (Å²) in [6.07, 6.45) is 7.11. The average molecular weight is 340 g/mol. The lowest BCUT2D eigenvalue weighted by Crippen LogP contribution is -2.12. The molecule has 0 saturated carbocycles. The fourth-order valence-electron chi connectivity index (χ4n) is 2.78. The SMILES string of the molecule is CC(CCNc1ccncc1)Cc1ccc(NCCC(C)(C)C)cc1. The summed E-state index contributed by atoms with van der Waals surface area (Å²) in [7, 11) is 0. The van der Waals surface area contributed by atoms with E-state index in [2.05, 4.69) is 67.6 Å². The fraction of sp³-hybridized carbons (Fsp3) is 0.500. The molecule has 0 aliphatic carbocycles. The van der Waals surface area contributed by atoms with Crippen LogP contribution in [-0.4, -0.2) is 18.1 Å². The number of benzene rings is 1. The molecule has 1 unspecified atom stereocenters. The van der Waals surface area contributed by atoms with Gasteiger partial charge in [0.25, 0.3) is 0 Å². The van der Waals surface area contributed by atoms with Gasteiger partial charge in [0.15, 0.2) is 0 Å². The first-order valence-electron chi connectivity index (χ1n) is 9.39. The smallest absolute Gasteiger partial charge is 0.0371 e. The fourth-order valence-corrected chi connectivity index (χ4v) is 2.78. The third-order valence-electron chi connectivity index (χ3n) is 4.39. The third-order valence-corrected chi connectivity index (χ3v) is 4.39. The molecule has 2 aromatic rings. The van der Waals surface area contributed by atoms with E-state index in [9.17, 15) is 0 Å². The summed E-state index contributed by atoms with van der Waals surface area (Å²) in [6.45, 7) is 11.2. The van der Waals surface area contributed by atoms with Gasteiger partial charge in [0, 0.05) is 36.9 Å². The molecule has 0 aliphatic heterocycles. The van der Waals surface area contributed by atoms with Crippen LogP contribution >= 0.6 is 0 Å². The average Bonchev–Trinajstić information content (AvgIpc) is 2.56. The second-order valence-corrected chi connectivity index (χ2v) is 8.19. The highest BCUT2D eigenvalue weighted by molar-refractivity contribution is 5.44. The van der Waals surface area contributed by atoms with Crippen molar-refractivity contribution in [2.24, 2.45) is 11.3 Å². The van der Waals surface area contributed by atoms with Gasteiger partial charge in [-0.25, -0.2) is 0 Å². The first kappa shape index (κ1) is 19.3. The Bertz CT molecular complexity index is 599. The van der Waals surface area contributed by atoms with Gasteiger partial charge in [-0.1, -0.05) is 39.8 Å². The zero-order valence-corrected chi connectivity index (χ0v) is 16.2. The Morgan fingerprint density at radius 3 is 2.12 bits per heavy atom. The summed E-state index contributed by atoms with van der Waals surface area (Å²) in [5.41, 5.74) is 4.16. The van der Waals surface area contributed by atoms with E-state index in [-0.39, 0.29) is 0 Å². The minimum atomic E-state index is 0.382. The van der Waals surface area contributed by atoms with Crippen molar-refractivity contribution in [1.29, 1.82) is 0 Å². The number of rotatable bonds is 9. The zero-order valence-electron chi connectivity index (χ0n) is 16.2. The van der Waals surface area contributed by atoms with Crippen molar-refractivity contribution >= 4 is 11.4 Å². The number of nitrogens with one attached hydrogen (secondary N) is 2. The monoisotopic (exact) mass is 339 g/mol. The van der Waals surface area contributed by atoms with Crippen molar-refractivity contribution in [2.45, 2.75) is 47.0 Å². The highest BCUT2D eigenvalue weighted by Crippen LogP contribution is 2.19. The van der Waals surface area contributed by atoms with Crippen molar-refractivity contribution in [1.82, 2.24) is 4.98 Å². The van der Waals surface area contributed by atoms with Crippen LogP contribution in [0, 0.1) is 11.3 Å². The molecule has 3 nitrogen and oxygen atoms in total. The van der Waals surface area contributed by atoms with Gasteiger partial charge in [0.2, 0.25) is 0 Å². The Kier molecular flexibility index (Phi) is 7.30. The molecule has 136 valence electrons. The molecule has 0 spiro atoms. The van der Waals surface area contributed by atoms with E-state index in [0.717, 1.165) is 31.6 Å². The van der Waals surface area contributed by atoms with Gasteiger partial charge >= 0.3 is 0 Å². The van der Waals surface area contributed by atoms with Gasteiger partial charge in [-0.15, -0.1) is 0 Å². The van der Waals surface area contributed by atoms with Gasteiger partial charge in [0.1, 0.15) is 0 Å². The Balaban J connectivity index is 1.69. The van der Waals surface area contributed by atoms with Gasteiger partial charge in [0.05, 0.1) is 0 Å². The van der Waals surface area contributed by atoms with E-state index in [1.807, 2.05) is 24.5 Å². The predicted octanol–water partition coefficient (Wildman–Crippen LogP) is 5.61. The van der Waals surface area contributed by atoms with Crippen molar-refractivity contribution in [3.8, 4) is 0 Å². The molecule has 1 aromatic heterocycles. The van der Waals surface area contributed by atoms with Gasteiger partial charge in [-0.2, -0.15) is 0 Å². The largest absolute Gasteiger partial charge is 0.385 e. The maximum atomic E-state index is 4.04. The van der Waals surface area contributed by atoms with E-state index in [4.69, 9.17) is 0 Å². The number of hydrogen-bond acceptors (Lipinski definition) is 3. The molecule has 3 heteroatoms. The second kappa shape index (κ2) is 9.45. The minimum absolute atomic E-state index is 0.382. The van der Waals surface area contributed by atoms with Crippen LogP contribution in [0.2, 0.25) is 0 Å². The molecule has 2 N–H and O–H groups in total. The maximum Gasteiger partial charge on any atom is 0.0371 e. The standard InChI is InChI=1S/C22H33N3/c1-18(9-15-24-21-10-13-23-14-11-21)17-19-5-7-20(8-6-19)25-16-12-22(2,3)4/h5-8,10-11,13-14,18,25H,9,12,15-17H2,1-4H3,(H,23,24). The van der Waals surface area contributed by atoms with Gasteiger partial charge in [-0.3, -0.25) is 4.98 Å². The van der Waals surface area contributed by atoms with Crippen LogP contribution in [0.15, 0.2) is 48.8 Å². The lowest BCUT2D eigenvalue weighted by Gasteiger charge is -2.18.